The minimum atomic E-state index is -0.579. The molecule has 3 aromatic rings. The molecule has 1 unspecified atom stereocenters. The molecule has 0 saturated carbocycles. The zero-order valence-electron chi connectivity index (χ0n) is 20.5. The molecule has 1 atom stereocenters. The molecule has 1 saturated heterocycles. The van der Waals surface area contributed by atoms with Gasteiger partial charge in [0, 0.05) is 49.9 Å². The molecule has 11 heteroatoms. The Morgan fingerprint density at radius 2 is 1.81 bits per heavy atom. The third kappa shape index (κ3) is 5.22. The number of pyridine rings is 1. The third-order valence-electron chi connectivity index (χ3n) is 6.21. The van der Waals surface area contributed by atoms with Crippen LogP contribution in [0.4, 0.5) is 16.6 Å². The van der Waals surface area contributed by atoms with Gasteiger partial charge in [-0.15, -0.1) is 10.2 Å². The Morgan fingerprint density at radius 1 is 1.06 bits per heavy atom. The van der Waals surface area contributed by atoms with E-state index in [0.29, 0.717) is 22.9 Å². The Bertz CT molecular complexity index is 1270. The van der Waals surface area contributed by atoms with E-state index in [2.05, 4.69) is 34.9 Å². The van der Waals surface area contributed by atoms with Crippen LogP contribution in [0.3, 0.4) is 0 Å². The maximum absolute atomic E-state index is 12.5. The number of hydrogen-bond donors (Lipinski definition) is 1. The number of anilines is 2. The number of aromatic nitrogens is 4. The van der Waals surface area contributed by atoms with Gasteiger partial charge in [0.25, 0.3) is 0 Å². The third-order valence-corrected chi connectivity index (χ3v) is 6.74. The van der Waals surface area contributed by atoms with Gasteiger partial charge in [0.05, 0.1) is 10.7 Å². The molecule has 5 rings (SSSR count). The highest BCUT2D eigenvalue weighted by Gasteiger charge is 2.31. The second-order valence-corrected chi connectivity index (χ2v) is 10.9. The van der Waals surface area contributed by atoms with E-state index in [1.54, 1.807) is 6.20 Å². The molecule has 190 valence electrons. The zero-order valence-corrected chi connectivity index (χ0v) is 22.1. The van der Waals surface area contributed by atoms with Crippen molar-refractivity contribution in [2.45, 2.75) is 45.3 Å². The molecule has 0 radical (unpaired) electrons. The molecule has 0 aliphatic carbocycles. The highest BCUT2D eigenvalue weighted by atomic mass is 35.5. The Morgan fingerprint density at radius 3 is 2.53 bits per heavy atom. The highest BCUT2D eigenvalue weighted by Crippen LogP contribution is 2.31. The molecule has 2 aliphatic heterocycles. The summed E-state index contributed by atoms with van der Waals surface area (Å²) in [6.45, 7) is 8.54. The Kier molecular flexibility index (Phi) is 6.70. The van der Waals surface area contributed by atoms with Gasteiger partial charge in [0.1, 0.15) is 17.2 Å². The smallest absolute Gasteiger partial charge is 0.407 e. The van der Waals surface area contributed by atoms with Crippen molar-refractivity contribution in [1.82, 2.24) is 25.1 Å². The molecule has 36 heavy (non-hydrogen) atoms. The van der Waals surface area contributed by atoms with Crippen molar-refractivity contribution in [3.05, 3.63) is 58.0 Å². The summed E-state index contributed by atoms with van der Waals surface area (Å²) in [6.07, 6.45) is 2.43. The lowest BCUT2D eigenvalue weighted by atomic mass is 10.0. The zero-order chi connectivity index (χ0) is 25.4. The quantitative estimate of drug-likeness (QED) is 0.541. The van der Waals surface area contributed by atoms with Crippen molar-refractivity contribution in [2.24, 2.45) is 0 Å². The summed E-state index contributed by atoms with van der Waals surface area (Å²) in [6, 6.07) is 9.30. The standard InChI is InChI=1S/C25H29Cl2N7O2/c1-25(2,3)36-24(35)29-18-14-16-13-17(26)6-7-20(16)34-21(15-18)30-31-23(34)33-11-9-32(10-12-33)22-19(27)5-4-8-28-22/h4-8,13,18H,9-12,14-15H2,1-3H3,(H,29,35). The predicted octanol–water partition coefficient (Wildman–Crippen LogP) is 4.29. The summed E-state index contributed by atoms with van der Waals surface area (Å²) >= 11 is 12.7. The molecular formula is C25H29Cl2N7O2. The van der Waals surface area contributed by atoms with Crippen LogP contribution < -0.4 is 15.1 Å². The Balaban J connectivity index is 1.41. The van der Waals surface area contributed by atoms with Crippen LogP contribution in [-0.2, 0) is 17.6 Å². The van der Waals surface area contributed by atoms with Crippen molar-refractivity contribution >= 4 is 41.1 Å². The first kappa shape index (κ1) is 24.6. The van der Waals surface area contributed by atoms with Gasteiger partial charge in [-0.3, -0.25) is 4.57 Å². The molecule has 0 bridgehead atoms. The van der Waals surface area contributed by atoms with Gasteiger partial charge < -0.3 is 19.9 Å². The largest absolute Gasteiger partial charge is 0.444 e. The number of piperazine rings is 1. The summed E-state index contributed by atoms with van der Waals surface area (Å²) in [5.74, 6) is 2.36. The molecule has 4 heterocycles. The molecule has 0 spiro atoms. The minimum Gasteiger partial charge on any atom is -0.444 e. The van der Waals surface area contributed by atoms with E-state index >= 15 is 0 Å². The number of carbonyl (C=O) groups is 1. The van der Waals surface area contributed by atoms with Crippen molar-refractivity contribution in [1.29, 1.82) is 0 Å². The van der Waals surface area contributed by atoms with Gasteiger partial charge in [-0.2, -0.15) is 0 Å². The number of rotatable bonds is 3. The van der Waals surface area contributed by atoms with Gasteiger partial charge >= 0.3 is 6.09 Å². The number of amides is 1. The van der Waals surface area contributed by atoms with E-state index in [-0.39, 0.29) is 6.04 Å². The number of alkyl carbamates (subject to hydrolysis) is 1. The van der Waals surface area contributed by atoms with Crippen LogP contribution in [0.1, 0.15) is 32.2 Å². The fourth-order valence-corrected chi connectivity index (χ4v) is 5.12. The van der Waals surface area contributed by atoms with Crippen LogP contribution in [0.2, 0.25) is 10.0 Å². The lowest BCUT2D eigenvalue weighted by Gasteiger charge is -2.36. The SMILES string of the molecule is CC(C)(C)OC(=O)NC1Cc2cc(Cl)ccc2-n2c(nnc2N2CCN(c3ncccc3Cl)CC2)C1. The number of hydrogen-bond acceptors (Lipinski definition) is 7. The van der Waals surface area contributed by atoms with E-state index in [9.17, 15) is 4.79 Å². The minimum absolute atomic E-state index is 0.210. The second kappa shape index (κ2) is 9.78. The van der Waals surface area contributed by atoms with Crippen LogP contribution in [0, 0.1) is 0 Å². The topological polar surface area (TPSA) is 88.4 Å². The average molecular weight is 530 g/mol. The number of nitrogens with zero attached hydrogens (tertiary/aromatic N) is 6. The number of nitrogens with one attached hydrogen (secondary N) is 1. The monoisotopic (exact) mass is 529 g/mol. The summed E-state index contributed by atoms with van der Waals surface area (Å²) in [4.78, 5) is 21.4. The second-order valence-electron chi connectivity index (χ2n) is 10.1. The summed E-state index contributed by atoms with van der Waals surface area (Å²) < 4.78 is 7.58. The van der Waals surface area contributed by atoms with Crippen molar-refractivity contribution in [2.75, 3.05) is 36.0 Å². The van der Waals surface area contributed by atoms with Crippen LogP contribution >= 0.6 is 23.2 Å². The molecule has 1 fully saturated rings. The summed E-state index contributed by atoms with van der Waals surface area (Å²) in [7, 11) is 0. The first-order chi connectivity index (χ1) is 17.2. The molecule has 1 aromatic carbocycles. The van der Waals surface area contributed by atoms with Crippen LogP contribution in [0.15, 0.2) is 36.5 Å². The summed E-state index contributed by atoms with van der Waals surface area (Å²) in [5.41, 5.74) is 1.41. The molecular weight excluding hydrogens is 501 g/mol. The molecule has 1 N–H and O–H groups in total. The summed E-state index contributed by atoms with van der Waals surface area (Å²) in [5, 5.41) is 13.4. The van der Waals surface area contributed by atoms with Crippen LogP contribution in [-0.4, -0.2) is 63.7 Å². The maximum Gasteiger partial charge on any atom is 0.407 e. The lowest BCUT2D eigenvalue weighted by Crippen LogP contribution is -2.47. The van der Waals surface area contributed by atoms with Crippen LogP contribution in [0.5, 0.6) is 0 Å². The van der Waals surface area contributed by atoms with Crippen molar-refractivity contribution < 1.29 is 9.53 Å². The fourth-order valence-electron chi connectivity index (χ4n) is 4.69. The van der Waals surface area contributed by atoms with Gasteiger partial charge in [0.2, 0.25) is 5.95 Å². The van der Waals surface area contributed by atoms with Crippen molar-refractivity contribution in [3.63, 3.8) is 0 Å². The van der Waals surface area contributed by atoms with E-state index in [1.807, 2.05) is 51.1 Å². The number of benzene rings is 1. The molecule has 2 aliphatic rings. The highest BCUT2D eigenvalue weighted by molar-refractivity contribution is 6.33. The number of ether oxygens (including phenoxy) is 1. The number of carbonyl (C=O) groups excluding carboxylic acids is 1. The Labute approximate surface area is 220 Å². The van der Waals surface area contributed by atoms with Gasteiger partial charge in [-0.05, 0) is 63.1 Å². The average Bonchev–Trinajstić information content (AvgIpc) is 3.15. The lowest BCUT2D eigenvalue weighted by molar-refractivity contribution is 0.0504. The first-order valence-electron chi connectivity index (χ1n) is 12.0. The van der Waals surface area contributed by atoms with Crippen LogP contribution in [0.25, 0.3) is 5.69 Å². The van der Waals surface area contributed by atoms with Gasteiger partial charge in [0.15, 0.2) is 0 Å². The van der Waals surface area contributed by atoms with Crippen molar-refractivity contribution in [3.8, 4) is 5.69 Å². The number of halogens is 2. The van der Waals surface area contributed by atoms with E-state index in [4.69, 9.17) is 27.9 Å². The van der Waals surface area contributed by atoms with Gasteiger partial charge in [-0.25, -0.2) is 9.78 Å². The molecule has 9 nitrogen and oxygen atoms in total. The van der Waals surface area contributed by atoms with E-state index in [0.717, 1.165) is 55.0 Å². The van der Waals surface area contributed by atoms with E-state index < -0.39 is 11.7 Å². The first-order valence-corrected chi connectivity index (χ1v) is 12.8. The predicted molar refractivity (Wildman–Crippen MR) is 141 cm³/mol. The molecule has 1 amide bonds. The van der Waals surface area contributed by atoms with Gasteiger partial charge in [-0.1, -0.05) is 23.2 Å². The van der Waals surface area contributed by atoms with E-state index in [1.165, 1.54) is 0 Å². The Hall–Kier alpha value is -3.04. The fraction of sp³-hybridized carbons (Fsp3) is 0.440. The number of fused-ring (bicyclic) bond motifs is 3. The maximum atomic E-state index is 12.5. The normalized spacial score (nSPS) is 17.8. The molecule has 2 aromatic heterocycles.